The molecule has 2 fully saturated rings. The minimum absolute atomic E-state index is 0.694. The Kier molecular flexibility index (Phi) is 3.17. The van der Waals surface area contributed by atoms with Crippen molar-refractivity contribution in [3.8, 4) is 0 Å². The van der Waals surface area contributed by atoms with Gasteiger partial charge in [-0.05, 0) is 69.5 Å². The Morgan fingerprint density at radius 2 is 1.69 bits per heavy atom. The van der Waals surface area contributed by atoms with E-state index in [1.165, 1.54) is 38.8 Å². The highest BCUT2D eigenvalue weighted by atomic mass is 32.2. The first-order valence-electron chi connectivity index (χ1n) is 6.50. The molecule has 0 aromatic carbocycles. The van der Waals surface area contributed by atoms with Crippen molar-refractivity contribution in [3.05, 3.63) is 0 Å². The number of hydrogen-bond donors (Lipinski definition) is 0. The first-order valence-corrected chi connectivity index (χ1v) is 8.94. The molecule has 94 valence electrons. The molecule has 1 saturated carbocycles. The third kappa shape index (κ3) is 2.33. The van der Waals surface area contributed by atoms with Crippen LogP contribution < -0.4 is 0 Å². The highest BCUT2D eigenvalue weighted by molar-refractivity contribution is 8.27. The van der Waals surface area contributed by atoms with E-state index in [-0.39, 0.29) is 0 Å². The fourth-order valence-electron chi connectivity index (χ4n) is 3.23. The molecular weight excluding hydrogens is 214 g/mol. The van der Waals surface area contributed by atoms with Gasteiger partial charge in [-0.15, -0.1) is 0 Å². The maximum absolute atomic E-state index is 4.28. The van der Waals surface area contributed by atoms with Crippen LogP contribution in [0.1, 0.15) is 39.5 Å². The van der Waals surface area contributed by atoms with E-state index in [2.05, 4.69) is 36.7 Å². The molecule has 0 bridgehead atoms. The zero-order chi connectivity index (χ0) is 12.0. The Bertz CT molecular complexity index is 337. The van der Waals surface area contributed by atoms with E-state index in [1.54, 1.807) is 0 Å². The maximum Gasteiger partial charge on any atom is 0.00385 e. The van der Waals surface area contributed by atoms with Gasteiger partial charge in [0.05, 0.1) is 0 Å². The van der Waals surface area contributed by atoms with Crippen molar-refractivity contribution < 1.29 is 0 Å². The normalized spacial score (nSPS) is 27.2. The predicted molar refractivity (Wildman–Crippen MR) is 79.2 cm³/mol. The molecule has 1 saturated heterocycles. The quantitative estimate of drug-likeness (QED) is 0.672. The lowest BCUT2D eigenvalue weighted by Gasteiger charge is -2.54. The van der Waals surface area contributed by atoms with Crippen LogP contribution in [0, 0.1) is 5.41 Å². The molecular formula is C14H27NS. The van der Waals surface area contributed by atoms with Gasteiger partial charge >= 0.3 is 0 Å². The summed E-state index contributed by atoms with van der Waals surface area (Å²) in [6.07, 6.45) is 7.93. The van der Waals surface area contributed by atoms with Gasteiger partial charge in [-0.1, -0.05) is 11.7 Å². The second kappa shape index (κ2) is 4.06. The number of likely N-dealkylation sites (tertiary alicyclic amines) is 1. The van der Waals surface area contributed by atoms with Gasteiger partial charge in [-0.2, -0.15) is 0 Å². The number of rotatable bonds is 2. The molecule has 1 heterocycles. The molecule has 0 amide bonds. The van der Waals surface area contributed by atoms with Gasteiger partial charge in [0, 0.05) is 6.04 Å². The summed E-state index contributed by atoms with van der Waals surface area (Å²) < 4.78 is 0. The molecule has 1 nitrogen and oxygen atoms in total. The van der Waals surface area contributed by atoms with Gasteiger partial charge < -0.3 is 4.90 Å². The largest absolute Gasteiger partial charge is 0.301 e. The summed E-state index contributed by atoms with van der Waals surface area (Å²) in [6, 6.07) is 0.727. The van der Waals surface area contributed by atoms with Crippen molar-refractivity contribution in [2.24, 2.45) is 5.41 Å². The summed E-state index contributed by atoms with van der Waals surface area (Å²) in [6.45, 7) is 7.25. The predicted octanol–water partition coefficient (Wildman–Crippen LogP) is 2.94. The molecule has 0 N–H and O–H groups in total. The summed E-state index contributed by atoms with van der Waals surface area (Å²) in [5, 5.41) is 0.845. The van der Waals surface area contributed by atoms with Crippen molar-refractivity contribution in [3.63, 3.8) is 0 Å². The van der Waals surface area contributed by atoms with E-state index in [0.29, 0.717) is 5.41 Å². The Balaban J connectivity index is 1.88. The average molecular weight is 241 g/mol. The summed E-state index contributed by atoms with van der Waals surface area (Å²) in [5.74, 6) is 8.55. The van der Waals surface area contributed by atoms with Crippen molar-refractivity contribution in [1.82, 2.24) is 4.90 Å². The summed E-state index contributed by atoms with van der Waals surface area (Å²) in [5.41, 5.74) is 0.694. The minimum Gasteiger partial charge on any atom is -0.301 e. The molecule has 1 aliphatic heterocycles. The van der Waals surface area contributed by atoms with Gasteiger partial charge in [-0.3, -0.25) is 0 Å². The lowest BCUT2D eigenvalue weighted by Crippen LogP contribution is -2.50. The average Bonchev–Trinajstić information content (AvgIpc) is 2.12. The molecule has 2 heteroatoms. The zero-order valence-corrected chi connectivity index (χ0v) is 12.0. The molecule has 0 aromatic rings. The van der Waals surface area contributed by atoms with Crippen molar-refractivity contribution in [1.29, 1.82) is 0 Å². The minimum atomic E-state index is -0.785. The van der Waals surface area contributed by atoms with Crippen LogP contribution in [0.25, 0.3) is 0 Å². The van der Waals surface area contributed by atoms with Crippen LogP contribution in [0.15, 0.2) is 0 Å². The molecule has 0 atom stereocenters. The van der Waals surface area contributed by atoms with Crippen molar-refractivity contribution >= 4 is 20.9 Å². The number of nitrogens with zero attached hydrogens (tertiary/aromatic N) is 1. The van der Waals surface area contributed by atoms with E-state index < -0.39 is 9.21 Å². The molecule has 0 radical (unpaired) electrons. The van der Waals surface area contributed by atoms with E-state index in [9.17, 15) is 0 Å². The highest BCUT2D eigenvalue weighted by Gasteiger charge is 2.46. The van der Waals surface area contributed by atoms with Crippen molar-refractivity contribution in [2.45, 2.75) is 50.8 Å². The van der Waals surface area contributed by atoms with Gasteiger partial charge in [-0.25, -0.2) is 9.21 Å². The van der Waals surface area contributed by atoms with Crippen LogP contribution in [0.2, 0.25) is 0 Å². The molecule has 16 heavy (non-hydrogen) atoms. The van der Waals surface area contributed by atoms with Crippen LogP contribution in [0.5, 0.6) is 0 Å². The number of piperidine rings is 1. The molecule has 0 aromatic heterocycles. The fraction of sp³-hybridized carbons (Fsp3) is 0.857. The van der Waals surface area contributed by atoms with Crippen molar-refractivity contribution in [2.75, 3.05) is 19.3 Å². The third-order valence-electron chi connectivity index (χ3n) is 4.72. The fourth-order valence-corrected chi connectivity index (χ4v) is 4.74. The zero-order valence-electron chi connectivity index (χ0n) is 11.2. The van der Waals surface area contributed by atoms with Crippen LogP contribution in [0.4, 0.5) is 0 Å². The molecule has 0 unspecified atom stereocenters. The Hall–Kier alpha value is 0.0500. The van der Waals surface area contributed by atoms with E-state index in [1.807, 2.05) is 0 Å². The molecule has 2 aliphatic rings. The van der Waals surface area contributed by atoms with Crippen LogP contribution in [-0.4, -0.2) is 47.3 Å². The standard InChI is InChI=1S/C14H27NS/c1-12(2)15-8-6-14(7-9-15)10-13(11-14)16(3,4)5/h12-13H,3-4,6-11H2,1-2,5H3. The van der Waals surface area contributed by atoms with Crippen LogP contribution >= 0.6 is 9.21 Å². The highest BCUT2D eigenvalue weighted by Crippen LogP contribution is 2.55. The molecule has 1 spiro atoms. The molecule has 2 rings (SSSR count). The van der Waals surface area contributed by atoms with E-state index in [4.69, 9.17) is 0 Å². The van der Waals surface area contributed by atoms with Gasteiger partial charge in [0.2, 0.25) is 0 Å². The molecule has 1 aliphatic carbocycles. The third-order valence-corrected chi connectivity index (χ3v) is 6.66. The number of hydrogen-bond acceptors (Lipinski definition) is 1. The second-order valence-corrected chi connectivity index (χ2v) is 9.88. The first-order chi connectivity index (χ1) is 7.32. The van der Waals surface area contributed by atoms with Gasteiger partial charge in [0.15, 0.2) is 0 Å². The maximum atomic E-state index is 4.28. The smallest absolute Gasteiger partial charge is 0.00385 e. The summed E-state index contributed by atoms with van der Waals surface area (Å²) >= 11 is 0. The van der Waals surface area contributed by atoms with Gasteiger partial charge in [0.1, 0.15) is 0 Å². The van der Waals surface area contributed by atoms with E-state index >= 15 is 0 Å². The Morgan fingerprint density at radius 1 is 1.19 bits per heavy atom. The SMILES string of the molecule is C=S(=C)(C)C1CC2(CCN(C(C)C)CC2)C1. The summed E-state index contributed by atoms with van der Waals surface area (Å²) in [4.78, 5) is 2.62. The first kappa shape index (κ1) is 12.5. The Morgan fingerprint density at radius 3 is 2.06 bits per heavy atom. The van der Waals surface area contributed by atoms with Crippen LogP contribution in [0.3, 0.4) is 0 Å². The Labute approximate surface area is 102 Å². The second-order valence-electron chi connectivity index (χ2n) is 6.51. The van der Waals surface area contributed by atoms with Gasteiger partial charge in [0.25, 0.3) is 0 Å². The summed E-state index contributed by atoms with van der Waals surface area (Å²) in [7, 11) is -0.785. The lowest BCUT2D eigenvalue weighted by molar-refractivity contribution is 0.0266. The topological polar surface area (TPSA) is 3.24 Å². The monoisotopic (exact) mass is 241 g/mol. The lowest BCUT2D eigenvalue weighted by atomic mass is 9.63. The van der Waals surface area contributed by atoms with E-state index in [0.717, 1.165) is 11.3 Å². The van der Waals surface area contributed by atoms with Crippen LogP contribution in [-0.2, 0) is 0 Å².